The number of ether oxygens (including phenoxy) is 2. The molecule has 2 saturated heterocycles. The van der Waals surface area contributed by atoms with Gasteiger partial charge in [-0.1, -0.05) is 13.8 Å². The fourth-order valence-corrected chi connectivity index (χ4v) is 3.24. The molecule has 0 aliphatic carbocycles. The van der Waals surface area contributed by atoms with Crippen LogP contribution in [0.4, 0.5) is 0 Å². The first-order chi connectivity index (χ1) is 8.54. The molecule has 2 aliphatic rings. The predicted octanol–water partition coefficient (Wildman–Crippen LogP) is 2.32. The van der Waals surface area contributed by atoms with Gasteiger partial charge in [0.15, 0.2) is 0 Å². The number of hydrogen-bond donors (Lipinski definition) is 1. The summed E-state index contributed by atoms with van der Waals surface area (Å²) in [5.74, 6) is -0.283. The number of rotatable bonds is 3. The molecule has 4 heteroatoms. The molecule has 0 bridgehead atoms. The number of carboxylic acids is 1. The number of aliphatic carboxylic acids is 1. The topological polar surface area (TPSA) is 55.8 Å². The van der Waals surface area contributed by atoms with Crippen LogP contribution in [0.15, 0.2) is 0 Å². The minimum Gasteiger partial charge on any atom is -0.481 e. The van der Waals surface area contributed by atoms with Gasteiger partial charge in [-0.2, -0.15) is 0 Å². The van der Waals surface area contributed by atoms with Crippen molar-refractivity contribution in [3.05, 3.63) is 0 Å². The van der Waals surface area contributed by atoms with Crippen LogP contribution in [0.25, 0.3) is 0 Å². The molecule has 2 aliphatic heterocycles. The molecule has 0 radical (unpaired) electrons. The van der Waals surface area contributed by atoms with E-state index in [1.807, 2.05) is 6.92 Å². The molecule has 0 aromatic rings. The highest BCUT2D eigenvalue weighted by molar-refractivity contribution is 5.69. The molecular formula is C14H24O4. The Bertz CT molecular complexity index is 291. The summed E-state index contributed by atoms with van der Waals surface area (Å²) in [6.07, 6.45) is 3.89. The van der Waals surface area contributed by atoms with Crippen molar-refractivity contribution in [1.29, 1.82) is 0 Å². The van der Waals surface area contributed by atoms with Gasteiger partial charge in [-0.05, 0) is 37.5 Å². The third kappa shape index (κ3) is 2.86. The average molecular weight is 256 g/mol. The van der Waals surface area contributed by atoms with E-state index < -0.39 is 5.97 Å². The Balaban J connectivity index is 1.99. The lowest BCUT2D eigenvalue weighted by Gasteiger charge is -2.45. The smallest absolute Gasteiger partial charge is 0.306 e. The standard InChI is InChI=1S/C14H24O4/c1-10(11(2)13(15)16)12-3-6-18-14(9-12)4-7-17-8-5-14/h10-12H,3-9H2,1-2H3,(H,15,16). The molecule has 3 unspecified atom stereocenters. The van der Waals surface area contributed by atoms with Crippen LogP contribution in [-0.2, 0) is 14.3 Å². The Kier molecular flexibility index (Phi) is 4.28. The van der Waals surface area contributed by atoms with E-state index in [0.29, 0.717) is 5.92 Å². The number of carbonyl (C=O) groups is 1. The second kappa shape index (κ2) is 5.57. The summed E-state index contributed by atoms with van der Waals surface area (Å²) in [6.45, 7) is 6.20. The predicted molar refractivity (Wildman–Crippen MR) is 67.4 cm³/mol. The van der Waals surface area contributed by atoms with Gasteiger partial charge in [-0.3, -0.25) is 4.79 Å². The van der Waals surface area contributed by atoms with Crippen molar-refractivity contribution in [2.75, 3.05) is 19.8 Å². The molecule has 2 rings (SSSR count). The Morgan fingerprint density at radius 2 is 1.94 bits per heavy atom. The fraction of sp³-hybridized carbons (Fsp3) is 0.929. The minimum atomic E-state index is -0.685. The van der Waals surface area contributed by atoms with E-state index >= 15 is 0 Å². The van der Waals surface area contributed by atoms with Gasteiger partial charge in [0, 0.05) is 19.8 Å². The highest BCUT2D eigenvalue weighted by Gasteiger charge is 2.41. The van der Waals surface area contributed by atoms with Crippen LogP contribution in [0.3, 0.4) is 0 Å². The lowest BCUT2D eigenvalue weighted by molar-refractivity contribution is -0.159. The van der Waals surface area contributed by atoms with Crippen LogP contribution in [-0.4, -0.2) is 36.5 Å². The highest BCUT2D eigenvalue weighted by atomic mass is 16.5. The maximum absolute atomic E-state index is 11.1. The van der Waals surface area contributed by atoms with Crippen molar-refractivity contribution in [1.82, 2.24) is 0 Å². The maximum Gasteiger partial charge on any atom is 0.306 e. The van der Waals surface area contributed by atoms with E-state index in [4.69, 9.17) is 14.6 Å². The van der Waals surface area contributed by atoms with E-state index in [1.54, 1.807) is 0 Å². The summed E-state index contributed by atoms with van der Waals surface area (Å²) in [6, 6.07) is 0. The van der Waals surface area contributed by atoms with E-state index in [9.17, 15) is 4.79 Å². The molecule has 0 saturated carbocycles. The molecule has 2 heterocycles. The first kappa shape index (κ1) is 13.8. The van der Waals surface area contributed by atoms with Crippen molar-refractivity contribution >= 4 is 5.97 Å². The molecule has 1 spiro atoms. The second-order valence-electron chi connectivity index (χ2n) is 5.88. The largest absolute Gasteiger partial charge is 0.481 e. The summed E-state index contributed by atoms with van der Waals surface area (Å²) in [7, 11) is 0. The monoisotopic (exact) mass is 256 g/mol. The van der Waals surface area contributed by atoms with Crippen molar-refractivity contribution in [2.24, 2.45) is 17.8 Å². The molecule has 18 heavy (non-hydrogen) atoms. The van der Waals surface area contributed by atoms with Crippen LogP contribution in [0.1, 0.15) is 39.5 Å². The van der Waals surface area contributed by atoms with E-state index in [0.717, 1.165) is 45.5 Å². The van der Waals surface area contributed by atoms with E-state index in [1.165, 1.54) is 0 Å². The number of carboxylic acid groups (broad SMARTS) is 1. The zero-order chi connectivity index (χ0) is 13.2. The van der Waals surface area contributed by atoms with Gasteiger partial charge in [0.05, 0.1) is 11.5 Å². The van der Waals surface area contributed by atoms with Gasteiger partial charge in [-0.15, -0.1) is 0 Å². The average Bonchev–Trinajstić information content (AvgIpc) is 2.38. The van der Waals surface area contributed by atoms with Gasteiger partial charge in [0.2, 0.25) is 0 Å². The Labute approximate surface area is 109 Å². The highest BCUT2D eigenvalue weighted by Crippen LogP contribution is 2.41. The normalized spacial score (nSPS) is 30.9. The lowest BCUT2D eigenvalue weighted by atomic mass is 9.72. The van der Waals surface area contributed by atoms with Gasteiger partial charge >= 0.3 is 5.97 Å². The summed E-state index contributed by atoms with van der Waals surface area (Å²) in [4.78, 5) is 11.1. The van der Waals surface area contributed by atoms with Crippen molar-refractivity contribution in [3.63, 3.8) is 0 Å². The second-order valence-corrected chi connectivity index (χ2v) is 5.88. The van der Waals surface area contributed by atoms with Gasteiger partial charge in [-0.25, -0.2) is 0 Å². The van der Waals surface area contributed by atoms with Crippen LogP contribution in [0, 0.1) is 17.8 Å². The molecule has 2 fully saturated rings. The molecule has 104 valence electrons. The molecule has 0 aromatic heterocycles. The maximum atomic E-state index is 11.1. The summed E-state index contributed by atoms with van der Waals surface area (Å²) >= 11 is 0. The summed E-state index contributed by atoms with van der Waals surface area (Å²) in [5.41, 5.74) is -0.0341. The van der Waals surface area contributed by atoms with Crippen molar-refractivity contribution in [3.8, 4) is 0 Å². The SMILES string of the molecule is CC(C(=O)O)C(C)C1CCOC2(CCOCC2)C1. The minimum absolute atomic E-state index is 0.0341. The van der Waals surface area contributed by atoms with E-state index in [-0.39, 0.29) is 17.4 Å². The lowest BCUT2D eigenvalue weighted by Crippen LogP contribution is -2.46. The Morgan fingerprint density at radius 3 is 2.56 bits per heavy atom. The fourth-order valence-electron chi connectivity index (χ4n) is 3.24. The molecule has 4 nitrogen and oxygen atoms in total. The van der Waals surface area contributed by atoms with Gasteiger partial charge in [0.25, 0.3) is 0 Å². The third-order valence-corrected chi connectivity index (χ3v) is 4.86. The van der Waals surface area contributed by atoms with Crippen LogP contribution in [0.2, 0.25) is 0 Å². The van der Waals surface area contributed by atoms with Gasteiger partial charge in [0.1, 0.15) is 0 Å². The van der Waals surface area contributed by atoms with Crippen LogP contribution < -0.4 is 0 Å². The Hall–Kier alpha value is -0.610. The van der Waals surface area contributed by atoms with Crippen molar-refractivity contribution in [2.45, 2.75) is 45.1 Å². The summed E-state index contributed by atoms with van der Waals surface area (Å²) in [5, 5.41) is 9.13. The van der Waals surface area contributed by atoms with Gasteiger partial charge < -0.3 is 14.6 Å². The molecule has 0 aromatic carbocycles. The molecule has 0 amide bonds. The van der Waals surface area contributed by atoms with Crippen molar-refractivity contribution < 1.29 is 19.4 Å². The Morgan fingerprint density at radius 1 is 1.28 bits per heavy atom. The van der Waals surface area contributed by atoms with Crippen LogP contribution in [0.5, 0.6) is 0 Å². The van der Waals surface area contributed by atoms with Crippen LogP contribution >= 0.6 is 0 Å². The molecular weight excluding hydrogens is 232 g/mol. The zero-order valence-corrected chi connectivity index (χ0v) is 11.4. The summed E-state index contributed by atoms with van der Waals surface area (Å²) < 4.78 is 11.4. The first-order valence-corrected chi connectivity index (χ1v) is 6.99. The molecule has 3 atom stereocenters. The first-order valence-electron chi connectivity index (χ1n) is 6.99. The molecule has 1 N–H and O–H groups in total. The quantitative estimate of drug-likeness (QED) is 0.842. The third-order valence-electron chi connectivity index (χ3n) is 4.86. The zero-order valence-electron chi connectivity index (χ0n) is 11.4. The number of hydrogen-bond acceptors (Lipinski definition) is 3. The van der Waals surface area contributed by atoms with E-state index in [2.05, 4.69) is 6.92 Å².